The minimum absolute atomic E-state index is 0.0135. The number of fused-ring (bicyclic) bond motifs is 1. The van der Waals surface area contributed by atoms with E-state index in [0.717, 1.165) is 24.3 Å². The molecule has 0 bridgehead atoms. The van der Waals surface area contributed by atoms with Gasteiger partial charge >= 0.3 is 0 Å². The summed E-state index contributed by atoms with van der Waals surface area (Å²) in [5.74, 6) is 1.44. The minimum Gasteiger partial charge on any atom is -0.486 e. The van der Waals surface area contributed by atoms with E-state index in [1.54, 1.807) is 0 Å². The molecule has 0 saturated heterocycles. The molecule has 5 heteroatoms. The number of carbonyl (C=O) groups excluding carboxylic acids is 1. The molecule has 0 saturated carbocycles. The summed E-state index contributed by atoms with van der Waals surface area (Å²) in [5, 5.41) is 6.30. The van der Waals surface area contributed by atoms with Gasteiger partial charge < -0.3 is 20.1 Å². The van der Waals surface area contributed by atoms with Crippen LogP contribution in [0.2, 0.25) is 0 Å². The molecule has 3 rings (SSSR count). The highest BCUT2D eigenvalue weighted by atomic mass is 16.6. The van der Waals surface area contributed by atoms with Crippen LogP contribution in [0.25, 0.3) is 0 Å². The van der Waals surface area contributed by atoms with Gasteiger partial charge in [0.15, 0.2) is 11.5 Å². The number of anilines is 1. The zero-order chi connectivity index (χ0) is 18.4. The van der Waals surface area contributed by atoms with Crippen molar-refractivity contribution in [1.29, 1.82) is 0 Å². The van der Waals surface area contributed by atoms with Crippen LogP contribution in [-0.4, -0.2) is 31.2 Å². The number of amides is 1. The van der Waals surface area contributed by atoms with Crippen molar-refractivity contribution in [3.8, 4) is 11.5 Å². The Bertz CT molecular complexity index is 733. The molecule has 2 N–H and O–H groups in total. The third kappa shape index (κ3) is 4.91. The van der Waals surface area contributed by atoms with Crippen molar-refractivity contribution < 1.29 is 14.3 Å². The molecule has 2 aromatic rings. The van der Waals surface area contributed by atoms with E-state index in [1.165, 1.54) is 5.56 Å². The lowest BCUT2D eigenvalue weighted by atomic mass is 10.1. The average Bonchev–Trinajstić information content (AvgIpc) is 2.67. The second-order valence-corrected chi connectivity index (χ2v) is 6.66. The van der Waals surface area contributed by atoms with Crippen molar-refractivity contribution in [3.63, 3.8) is 0 Å². The van der Waals surface area contributed by atoms with Gasteiger partial charge in [-0.1, -0.05) is 30.3 Å². The molecule has 1 aliphatic rings. The number of rotatable bonds is 7. The Balaban J connectivity index is 1.48. The fourth-order valence-corrected chi connectivity index (χ4v) is 2.92. The first-order chi connectivity index (χ1) is 12.6. The lowest BCUT2D eigenvalue weighted by Crippen LogP contribution is -2.42. The first kappa shape index (κ1) is 18.1. The van der Waals surface area contributed by atoms with Gasteiger partial charge in [-0.05, 0) is 44.4 Å². The number of hydrogen-bond acceptors (Lipinski definition) is 4. The fraction of sp³-hybridized carbons (Fsp3) is 0.381. The van der Waals surface area contributed by atoms with E-state index in [0.29, 0.717) is 19.0 Å². The summed E-state index contributed by atoms with van der Waals surface area (Å²) < 4.78 is 11.1. The largest absolute Gasteiger partial charge is 0.486 e. The third-order valence-electron chi connectivity index (χ3n) is 4.42. The van der Waals surface area contributed by atoms with Gasteiger partial charge in [0.2, 0.25) is 5.91 Å². The maximum absolute atomic E-state index is 12.4. The van der Waals surface area contributed by atoms with E-state index in [2.05, 4.69) is 22.8 Å². The van der Waals surface area contributed by atoms with Gasteiger partial charge in [0.05, 0.1) is 0 Å². The smallest absolute Gasteiger partial charge is 0.242 e. The maximum Gasteiger partial charge on any atom is 0.242 e. The number of aryl methyl sites for hydroxylation is 1. The molecule has 2 atom stereocenters. The zero-order valence-electron chi connectivity index (χ0n) is 15.3. The summed E-state index contributed by atoms with van der Waals surface area (Å²) in [4.78, 5) is 12.4. The molecule has 138 valence electrons. The van der Waals surface area contributed by atoms with Crippen LogP contribution in [0.15, 0.2) is 48.5 Å². The topological polar surface area (TPSA) is 59.6 Å². The molecule has 1 aliphatic heterocycles. The van der Waals surface area contributed by atoms with E-state index < -0.39 is 0 Å². The molecule has 0 unspecified atom stereocenters. The van der Waals surface area contributed by atoms with Crippen LogP contribution in [0.1, 0.15) is 25.8 Å². The molecular weight excluding hydrogens is 328 g/mol. The van der Waals surface area contributed by atoms with Gasteiger partial charge in [0.1, 0.15) is 19.3 Å². The Morgan fingerprint density at radius 3 is 2.54 bits per heavy atom. The van der Waals surface area contributed by atoms with Gasteiger partial charge in [0.25, 0.3) is 0 Å². The predicted octanol–water partition coefficient (Wildman–Crippen LogP) is 3.40. The van der Waals surface area contributed by atoms with Crippen molar-refractivity contribution in [3.05, 3.63) is 54.1 Å². The third-order valence-corrected chi connectivity index (χ3v) is 4.42. The summed E-state index contributed by atoms with van der Waals surface area (Å²) in [6.07, 6.45) is 1.86. The van der Waals surface area contributed by atoms with E-state index >= 15 is 0 Å². The normalized spacial score (nSPS) is 15.0. The van der Waals surface area contributed by atoms with Gasteiger partial charge in [-0.3, -0.25) is 4.79 Å². The Hall–Kier alpha value is -2.69. The standard InChI is InChI=1S/C21H26N2O3/c1-15(8-9-17-6-4-3-5-7-17)22-21(24)16(2)23-18-10-11-19-20(14-18)26-13-12-25-19/h3-7,10-11,14-16,23H,8-9,12-13H2,1-2H3,(H,22,24)/t15-,16-/m1/s1. The molecular formula is C21H26N2O3. The number of carbonyl (C=O) groups is 1. The van der Waals surface area contributed by atoms with Crippen LogP contribution in [0, 0.1) is 0 Å². The van der Waals surface area contributed by atoms with E-state index in [1.807, 2.05) is 50.2 Å². The molecule has 0 aromatic heterocycles. The molecule has 1 heterocycles. The van der Waals surface area contributed by atoms with Crippen molar-refractivity contribution in [2.24, 2.45) is 0 Å². The summed E-state index contributed by atoms with van der Waals surface area (Å²) in [6.45, 7) is 5.01. The number of hydrogen-bond donors (Lipinski definition) is 2. The average molecular weight is 354 g/mol. The van der Waals surface area contributed by atoms with E-state index in [-0.39, 0.29) is 18.0 Å². The monoisotopic (exact) mass is 354 g/mol. The molecule has 0 fully saturated rings. The molecule has 26 heavy (non-hydrogen) atoms. The molecule has 0 radical (unpaired) electrons. The Morgan fingerprint density at radius 2 is 1.77 bits per heavy atom. The van der Waals surface area contributed by atoms with Gasteiger partial charge in [-0.15, -0.1) is 0 Å². The maximum atomic E-state index is 12.4. The van der Waals surface area contributed by atoms with Crippen molar-refractivity contribution >= 4 is 11.6 Å². The fourth-order valence-electron chi connectivity index (χ4n) is 2.92. The molecule has 2 aromatic carbocycles. The van der Waals surface area contributed by atoms with Gasteiger partial charge in [-0.25, -0.2) is 0 Å². The van der Waals surface area contributed by atoms with Crippen LogP contribution in [-0.2, 0) is 11.2 Å². The quantitative estimate of drug-likeness (QED) is 0.800. The van der Waals surface area contributed by atoms with Crippen LogP contribution in [0.3, 0.4) is 0 Å². The molecule has 5 nitrogen and oxygen atoms in total. The Kier molecular flexibility index (Phi) is 6.00. The first-order valence-corrected chi connectivity index (χ1v) is 9.12. The summed E-state index contributed by atoms with van der Waals surface area (Å²) in [6, 6.07) is 15.7. The second-order valence-electron chi connectivity index (χ2n) is 6.66. The highest BCUT2D eigenvalue weighted by molar-refractivity contribution is 5.84. The van der Waals surface area contributed by atoms with Crippen molar-refractivity contribution in [1.82, 2.24) is 5.32 Å². The van der Waals surface area contributed by atoms with Crippen LogP contribution < -0.4 is 20.1 Å². The Labute approximate surface area is 154 Å². The summed E-state index contributed by atoms with van der Waals surface area (Å²) in [5.41, 5.74) is 2.13. The van der Waals surface area contributed by atoms with E-state index in [9.17, 15) is 4.79 Å². The second kappa shape index (κ2) is 8.61. The van der Waals surface area contributed by atoms with Crippen LogP contribution >= 0.6 is 0 Å². The molecule has 0 aliphatic carbocycles. The zero-order valence-corrected chi connectivity index (χ0v) is 15.3. The minimum atomic E-state index is -0.336. The number of benzene rings is 2. The number of ether oxygens (including phenoxy) is 2. The first-order valence-electron chi connectivity index (χ1n) is 9.12. The highest BCUT2D eigenvalue weighted by Crippen LogP contribution is 2.32. The van der Waals surface area contributed by atoms with Gasteiger partial charge in [0, 0.05) is 17.8 Å². The summed E-state index contributed by atoms with van der Waals surface area (Å²) >= 11 is 0. The van der Waals surface area contributed by atoms with Crippen molar-refractivity contribution in [2.75, 3.05) is 18.5 Å². The van der Waals surface area contributed by atoms with E-state index in [4.69, 9.17) is 9.47 Å². The predicted molar refractivity (Wildman–Crippen MR) is 103 cm³/mol. The molecule has 1 amide bonds. The highest BCUT2D eigenvalue weighted by Gasteiger charge is 2.17. The molecule has 0 spiro atoms. The SMILES string of the molecule is C[C@H](CCc1ccccc1)NC(=O)[C@@H](C)Nc1ccc2c(c1)OCCO2. The van der Waals surface area contributed by atoms with Gasteiger partial charge in [-0.2, -0.15) is 0 Å². The Morgan fingerprint density at radius 1 is 1.04 bits per heavy atom. The lowest BCUT2D eigenvalue weighted by molar-refractivity contribution is -0.122. The summed E-state index contributed by atoms with van der Waals surface area (Å²) in [7, 11) is 0. The van der Waals surface area contributed by atoms with Crippen LogP contribution in [0.5, 0.6) is 11.5 Å². The number of nitrogens with one attached hydrogen (secondary N) is 2. The van der Waals surface area contributed by atoms with Crippen molar-refractivity contribution in [2.45, 2.75) is 38.8 Å². The lowest BCUT2D eigenvalue weighted by Gasteiger charge is -2.22. The van der Waals surface area contributed by atoms with Crippen LogP contribution in [0.4, 0.5) is 5.69 Å².